The van der Waals surface area contributed by atoms with Gasteiger partial charge in [-0.3, -0.25) is 0 Å². The predicted molar refractivity (Wildman–Crippen MR) is 83.4 cm³/mol. The van der Waals surface area contributed by atoms with Crippen LogP contribution in [-0.4, -0.2) is 6.04 Å². The van der Waals surface area contributed by atoms with E-state index < -0.39 is 0 Å². The maximum absolute atomic E-state index is 5.73. The fourth-order valence-electron chi connectivity index (χ4n) is 1.94. The van der Waals surface area contributed by atoms with Gasteiger partial charge in [-0.1, -0.05) is 68.4 Å². The second kappa shape index (κ2) is 7.83. The van der Waals surface area contributed by atoms with E-state index in [1.807, 2.05) is 18.2 Å². The van der Waals surface area contributed by atoms with E-state index >= 15 is 0 Å². The molecule has 106 valence electrons. The average molecular weight is 269 g/mol. The fourth-order valence-corrected chi connectivity index (χ4v) is 1.94. The summed E-state index contributed by atoms with van der Waals surface area (Å²) >= 11 is 0. The highest BCUT2D eigenvalue weighted by atomic mass is 16.5. The number of rotatable bonds is 7. The maximum atomic E-state index is 5.73. The first-order chi connectivity index (χ1) is 9.74. The van der Waals surface area contributed by atoms with E-state index in [4.69, 9.17) is 4.74 Å². The number of ether oxygens (including phenoxy) is 1. The van der Waals surface area contributed by atoms with Crippen LogP contribution >= 0.6 is 0 Å². The molecule has 0 spiro atoms. The van der Waals surface area contributed by atoms with Crippen LogP contribution in [0.15, 0.2) is 54.6 Å². The van der Waals surface area contributed by atoms with Crippen LogP contribution in [0.4, 0.5) is 0 Å². The molecule has 0 saturated carbocycles. The lowest BCUT2D eigenvalue weighted by Crippen LogP contribution is -2.21. The summed E-state index contributed by atoms with van der Waals surface area (Å²) in [4.78, 5) is 0. The smallest absolute Gasteiger partial charge is 0.0721 e. The van der Waals surface area contributed by atoms with Gasteiger partial charge in [0.1, 0.15) is 0 Å². The molecule has 2 nitrogen and oxygen atoms in total. The van der Waals surface area contributed by atoms with Crippen molar-refractivity contribution < 1.29 is 4.74 Å². The molecular weight excluding hydrogens is 246 g/mol. The zero-order valence-corrected chi connectivity index (χ0v) is 12.3. The quantitative estimate of drug-likeness (QED) is 0.823. The van der Waals surface area contributed by atoms with Crippen molar-refractivity contribution in [2.75, 3.05) is 0 Å². The van der Waals surface area contributed by atoms with Gasteiger partial charge in [-0.15, -0.1) is 0 Å². The second-order valence-corrected chi connectivity index (χ2v) is 5.33. The number of benzene rings is 2. The van der Waals surface area contributed by atoms with Gasteiger partial charge in [0.25, 0.3) is 0 Å². The van der Waals surface area contributed by atoms with Gasteiger partial charge in [-0.05, 0) is 16.7 Å². The standard InChI is InChI=1S/C18H23NO/c1-15(2)19-12-16-8-10-18(11-9-16)14-20-13-17-6-4-3-5-7-17/h3-11,15,19H,12-14H2,1-2H3. The lowest BCUT2D eigenvalue weighted by molar-refractivity contribution is 0.107. The first-order valence-electron chi connectivity index (χ1n) is 7.17. The third-order valence-electron chi connectivity index (χ3n) is 3.12. The Kier molecular flexibility index (Phi) is 5.78. The predicted octanol–water partition coefficient (Wildman–Crippen LogP) is 3.90. The SMILES string of the molecule is CC(C)NCc1ccc(COCc2ccccc2)cc1. The molecule has 2 heteroatoms. The molecule has 0 aromatic heterocycles. The van der Waals surface area contributed by atoms with Crippen molar-refractivity contribution in [1.29, 1.82) is 0 Å². The highest BCUT2D eigenvalue weighted by Crippen LogP contribution is 2.08. The molecule has 0 bridgehead atoms. The summed E-state index contributed by atoms with van der Waals surface area (Å²) in [6, 6.07) is 19.4. The van der Waals surface area contributed by atoms with Gasteiger partial charge in [-0.25, -0.2) is 0 Å². The molecule has 2 aromatic carbocycles. The number of hydrogen-bond acceptors (Lipinski definition) is 2. The minimum atomic E-state index is 0.517. The Morgan fingerprint density at radius 2 is 1.35 bits per heavy atom. The number of hydrogen-bond donors (Lipinski definition) is 1. The highest BCUT2D eigenvalue weighted by Gasteiger charge is 1.98. The Labute approximate surface area is 121 Å². The summed E-state index contributed by atoms with van der Waals surface area (Å²) in [5, 5.41) is 3.41. The topological polar surface area (TPSA) is 21.3 Å². The molecule has 0 aliphatic heterocycles. The zero-order valence-electron chi connectivity index (χ0n) is 12.3. The Balaban J connectivity index is 1.76. The van der Waals surface area contributed by atoms with Crippen molar-refractivity contribution in [3.63, 3.8) is 0 Å². The molecule has 0 aliphatic rings. The van der Waals surface area contributed by atoms with Gasteiger partial charge in [-0.2, -0.15) is 0 Å². The fraction of sp³-hybridized carbons (Fsp3) is 0.333. The van der Waals surface area contributed by atoms with Crippen LogP contribution in [0.5, 0.6) is 0 Å². The van der Waals surface area contributed by atoms with Gasteiger partial charge in [0.2, 0.25) is 0 Å². The van der Waals surface area contributed by atoms with E-state index in [2.05, 4.69) is 55.6 Å². The molecular formula is C18H23NO. The highest BCUT2D eigenvalue weighted by molar-refractivity contribution is 5.22. The molecule has 0 saturated heterocycles. The summed E-state index contributed by atoms with van der Waals surface area (Å²) in [6.45, 7) is 6.56. The van der Waals surface area contributed by atoms with E-state index in [0.717, 1.165) is 6.54 Å². The molecule has 2 aromatic rings. The van der Waals surface area contributed by atoms with E-state index in [9.17, 15) is 0 Å². The lowest BCUT2D eigenvalue weighted by Gasteiger charge is -2.09. The number of nitrogens with one attached hydrogen (secondary N) is 1. The van der Waals surface area contributed by atoms with Crippen LogP contribution in [0.1, 0.15) is 30.5 Å². The molecule has 2 rings (SSSR count). The van der Waals surface area contributed by atoms with Crippen LogP contribution in [0.2, 0.25) is 0 Å². The van der Waals surface area contributed by atoms with Gasteiger partial charge >= 0.3 is 0 Å². The van der Waals surface area contributed by atoms with Crippen molar-refractivity contribution in [2.45, 2.75) is 39.6 Å². The summed E-state index contributed by atoms with van der Waals surface area (Å²) in [7, 11) is 0. The van der Waals surface area contributed by atoms with Crippen LogP contribution in [-0.2, 0) is 24.5 Å². The monoisotopic (exact) mass is 269 g/mol. The molecule has 0 amide bonds. The van der Waals surface area contributed by atoms with Crippen LogP contribution < -0.4 is 5.32 Å². The van der Waals surface area contributed by atoms with E-state index in [-0.39, 0.29) is 0 Å². The van der Waals surface area contributed by atoms with E-state index in [1.165, 1.54) is 16.7 Å². The molecule has 0 atom stereocenters. The Hall–Kier alpha value is -1.64. The van der Waals surface area contributed by atoms with Crippen LogP contribution in [0.3, 0.4) is 0 Å². The summed E-state index contributed by atoms with van der Waals surface area (Å²) in [5.41, 5.74) is 3.74. The first-order valence-corrected chi connectivity index (χ1v) is 7.17. The van der Waals surface area contributed by atoms with E-state index in [1.54, 1.807) is 0 Å². The van der Waals surface area contributed by atoms with Crippen molar-refractivity contribution in [2.24, 2.45) is 0 Å². The van der Waals surface area contributed by atoms with Crippen LogP contribution in [0.25, 0.3) is 0 Å². The van der Waals surface area contributed by atoms with E-state index in [0.29, 0.717) is 19.3 Å². The van der Waals surface area contributed by atoms with Gasteiger partial charge < -0.3 is 10.1 Å². The molecule has 1 N–H and O–H groups in total. The minimum Gasteiger partial charge on any atom is -0.372 e. The summed E-state index contributed by atoms with van der Waals surface area (Å²) in [6.07, 6.45) is 0. The van der Waals surface area contributed by atoms with Gasteiger partial charge in [0, 0.05) is 12.6 Å². The van der Waals surface area contributed by atoms with Crippen LogP contribution in [0, 0.1) is 0 Å². The first kappa shape index (κ1) is 14.8. The lowest BCUT2D eigenvalue weighted by atomic mass is 10.1. The van der Waals surface area contributed by atoms with Crippen molar-refractivity contribution in [3.8, 4) is 0 Å². The molecule has 0 radical (unpaired) electrons. The molecule has 0 fully saturated rings. The second-order valence-electron chi connectivity index (χ2n) is 5.33. The summed E-state index contributed by atoms with van der Waals surface area (Å²) < 4.78 is 5.73. The zero-order chi connectivity index (χ0) is 14.2. The summed E-state index contributed by atoms with van der Waals surface area (Å²) in [5.74, 6) is 0. The van der Waals surface area contributed by atoms with Gasteiger partial charge in [0.15, 0.2) is 0 Å². The third-order valence-corrected chi connectivity index (χ3v) is 3.12. The molecule has 0 aliphatic carbocycles. The molecule has 20 heavy (non-hydrogen) atoms. The molecule has 0 unspecified atom stereocenters. The Morgan fingerprint density at radius 1 is 0.800 bits per heavy atom. The van der Waals surface area contributed by atoms with Gasteiger partial charge in [0.05, 0.1) is 13.2 Å². The molecule has 0 heterocycles. The Bertz CT molecular complexity index is 491. The Morgan fingerprint density at radius 3 is 1.95 bits per heavy atom. The minimum absolute atomic E-state index is 0.517. The third kappa shape index (κ3) is 5.16. The average Bonchev–Trinajstić information content (AvgIpc) is 2.47. The van der Waals surface area contributed by atoms with Crippen molar-refractivity contribution in [1.82, 2.24) is 5.32 Å². The largest absolute Gasteiger partial charge is 0.372 e. The van der Waals surface area contributed by atoms with Crippen molar-refractivity contribution in [3.05, 3.63) is 71.3 Å². The normalized spacial score (nSPS) is 10.9. The van der Waals surface area contributed by atoms with Crippen molar-refractivity contribution >= 4 is 0 Å². The maximum Gasteiger partial charge on any atom is 0.0721 e.